The molecule has 0 saturated carbocycles. The van der Waals surface area contributed by atoms with Crippen molar-refractivity contribution in [1.29, 1.82) is 0 Å². The Morgan fingerprint density at radius 1 is 1.27 bits per heavy atom. The van der Waals surface area contributed by atoms with Gasteiger partial charge >= 0.3 is 0 Å². The molecule has 0 amide bonds. The molecular weight excluding hydrogens is 194 g/mol. The van der Waals surface area contributed by atoms with E-state index in [9.17, 15) is 10.2 Å². The zero-order valence-electron chi connectivity index (χ0n) is 8.97. The van der Waals surface area contributed by atoms with Gasteiger partial charge in [-0.1, -0.05) is 0 Å². The van der Waals surface area contributed by atoms with Gasteiger partial charge in [0.2, 0.25) is 0 Å². The first kappa shape index (κ1) is 11.3. The van der Waals surface area contributed by atoms with Crippen molar-refractivity contribution < 1.29 is 10.2 Å². The highest BCUT2D eigenvalue weighted by Gasteiger charge is 2.37. The first-order valence-electron chi connectivity index (χ1n) is 5.81. The van der Waals surface area contributed by atoms with Crippen LogP contribution in [-0.4, -0.2) is 52.7 Å². The van der Waals surface area contributed by atoms with E-state index in [0.717, 1.165) is 38.8 Å². The van der Waals surface area contributed by atoms with Crippen LogP contribution >= 0.6 is 0 Å². The predicted octanol–water partition coefficient (Wildman–Crippen LogP) is -1.20. The second-order valence-electron chi connectivity index (χ2n) is 4.55. The number of nitrogens with one attached hydrogen (secondary N) is 1. The molecule has 2 aliphatic rings. The molecule has 0 bridgehead atoms. The Morgan fingerprint density at radius 2 is 2.07 bits per heavy atom. The fourth-order valence-electron chi connectivity index (χ4n) is 2.71. The molecule has 5 heteroatoms. The average molecular weight is 215 g/mol. The van der Waals surface area contributed by atoms with Gasteiger partial charge in [0, 0.05) is 12.6 Å². The standard InChI is InChI=1S/C10H21N3O2/c11-9(14)8-4-2-6-13(8)10(15)7-3-1-5-12-7/h7-10,12,14-15H,1-6,11H2. The summed E-state index contributed by atoms with van der Waals surface area (Å²) < 4.78 is 0. The van der Waals surface area contributed by atoms with Crippen LogP contribution in [-0.2, 0) is 0 Å². The molecule has 0 aromatic rings. The number of nitrogens with two attached hydrogens (primary N) is 1. The SMILES string of the molecule is NC(O)C1CCCN1C(O)C1CCCN1. The van der Waals surface area contributed by atoms with E-state index in [1.54, 1.807) is 0 Å². The maximum atomic E-state index is 10.2. The van der Waals surface area contributed by atoms with E-state index in [4.69, 9.17) is 5.73 Å². The normalized spacial score (nSPS) is 37.0. The van der Waals surface area contributed by atoms with Gasteiger partial charge in [-0.25, -0.2) is 0 Å². The van der Waals surface area contributed by atoms with Gasteiger partial charge in [0.05, 0.1) is 6.04 Å². The average Bonchev–Trinajstić information content (AvgIpc) is 2.88. The minimum Gasteiger partial charge on any atom is -0.377 e. The van der Waals surface area contributed by atoms with Gasteiger partial charge in [0.25, 0.3) is 0 Å². The van der Waals surface area contributed by atoms with Gasteiger partial charge in [0.1, 0.15) is 12.5 Å². The molecule has 4 unspecified atom stereocenters. The third-order valence-electron chi connectivity index (χ3n) is 3.53. The Kier molecular flexibility index (Phi) is 3.58. The zero-order valence-corrected chi connectivity index (χ0v) is 8.97. The Bertz CT molecular complexity index is 207. The third-order valence-corrected chi connectivity index (χ3v) is 3.53. The molecule has 5 N–H and O–H groups in total. The van der Waals surface area contributed by atoms with Crippen molar-refractivity contribution in [2.75, 3.05) is 13.1 Å². The Labute approximate surface area is 90.3 Å². The van der Waals surface area contributed by atoms with Crippen LogP contribution in [0.25, 0.3) is 0 Å². The fourth-order valence-corrected chi connectivity index (χ4v) is 2.71. The predicted molar refractivity (Wildman–Crippen MR) is 57.0 cm³/mol. The molecule has 2 aliphatic heterocycles. The van der Waals surface area contributed by atoms with Crippen molar-refractivity contribution >= 4 is 0 Å². The molecule has 0 radical (unpaired) electrons. The van der Waals surface area contributed by atoms with Gasteiger partial charge in [-0.2, -0.15) is 0 Å². The Hall–Kier alpha value is -0.200. The molecule has 88 valence electrons. The van der Waals surface area contributed by atoms with Crippen molar-refractivity contribution in [1.82, 2.24) is 10.2 Å². The largest absolute Gasteiger partial charge is 0.377 e. The van der Waals surface area contributed by atoms with Crippen LogP contribution in [0.15, 0.2) is 0 Å². The molecule has 0 aromatic carbocycles. The van der Waals surface area contributed by atoms with E-state index in [0.29, 0.717) is 0 Å². The molecule has 2 fully saturated rings. The van der Waals surface area contributed by atoms with Crippen molar-refractivity contribution in [3.05, 3.63) is 0 Å². The second kappa shape index (κ2) is 4.76. The Balaban J connectivity index is 1.95. The maximum absolute atomic E-state index is 10.2. The lowest BCUT2D eigenvalue weighted by Gasteiger charge is -2.34. The summed E-state index contributed by atoms with van der Waals surface area (Å²) >= 11 is 0. The zero-order chi connectivity index (χ0) is 10.8. The second-order valence-corrected chi connectivity index (χ2v) is 4.55. The van der Waals surface area contributed by atoms with E-state index in [1.807, 2.05) is 4.90 Å². The fraction of sp³-hybridized carbons (Fsp3) is 1.00. The number of rotatable bonds is 3. The van der Waals surface area contributed by atoms with E-state index in [-0.39, 0.29) is 12.1 Å². The lowest BCUT2D eigenvalue weighted by Crippen LogP contribution is -2.54. The highest BCUT2D eigenvalue weighted by molar-refractivity contribution is 4.89. The smallest absolute Gasteiger partial charge is 0.123 e. The molecule has 0 aromatic heterocycles. The maximum Gasteiger partial charge on any atom is 0.123 e. The molecule has 15 heavy (non-hydrogen) atoms. The first-order valence-corrected chi connectivity index (χ1v) is 5.81. The highest BCUT2D eigenvalue weighted by atomic mass is 16.3. The van der Waals surface area contributed by atoms with Crippen molar-refractivity contribution in [3.8, 4) is 0 Å². The summed E-state index contributed by atoms with van der Waals surface area (Å²) in [5.74, 6) is 0. The van der Waals surface area contributed by atoms with E-state index >= 15 is 0 Å². The molecule has 0 spiro atoms. The van der Waals surface area contributed by atoms with Crippen LogP contribution in [0.4, 0.5) is 0 Å². The van der Waals surface area contributed by atoms with Crippen LogP contribution in [0, 0.1) is 0 Å². The molecule has 5 nitrogen and oxygen atoms in total. The number of aliphatic hydroxyl groups is 2. The number of nitrogens with zero attached hydrogens (tertiary/aromatic N) is 1. The third kappa shape index (κ3) is 2.32. The Morgan fingerprint density at radius 3 is 2.67 bits per heavy atom. The summed E-state index contributed by atoms with van der Waals surface area (Å²) in [6.45, 7) is 1.81. The minimum absolute atomic E-state index is 0.0811. The summed E-state index contributed by atoms with van der Waals surface area (Å²) in [6.07, 6.45) is 2.66. The van der Waals surface area contributed by atoms with E-state index in [2.05, 4.69) is 5.32 Å². The lowest BCUT2D eigenvalue weighted by molar-refractivity contribution is -0.0564. The van der Waals surface area contributed by atoms with E-state index in [1.165, 1.54) is 0 Å². The summed E-state index contributed by atoms with van der Waals surface area (Å²) in [6, 6.07) is 0.0618. The summed E-state index contributed by atoms with van der Waals surface area (Å²) in [7, 11) is 0. The number of aliphatic hydroxyl groups excluding tert-OH is 2. The first-order chi connectivity index (χ1) is 7.20. The number of hydrogen-bond donors (Lipinski definition) is 4. The number of hydrogen-bond acceptors (Lipinski definition) is 5. The summed E-state index contributed by atoms with van der Waals surface area (Å²) in [5, 5.41) is 22.9. The molecular formula is C10H21N3O2. The van der Waals surface area contributed by atoms with E-state index < -0.39 is 12.5 Å². The molecule has 4 atom stereocenters. The lowest BCUT2D eigenvalue weighted by atomic mass is 10.1. The molecule has 2 rings (SSSR count). The van der Waals surface area contributed by atoms with Crippen molar-refractivity contribution in [2.24, 2.45) is 5.73 Å². The quantitative estimate of drug-likeness (QED) is 0.445. The highest BCUT2D eigenvalue weighted by Crippen LogP contribution is 2.24. The topological polar surface area (TPSA) is 81.8 Å². The van der Waals surface area contributed by atoms with Gasteiger partial charge in [-0.3, -0.25) is 4.90 Å². The minimum atomic E-state index is -0.844. The van der Waals surface area contributed by atoms with Gasteiger partial charge in [0.15, 0.2) is 0 Å². The van der Waals surface area contributed by atoms with Crippen molar-refractivity contribution in [2.45, 2.75) is 50.2 Å². The van der Waals surface area contributed by atoms with Crippen LogP contribution < -0.4 is 11.1 Å². The number of likely N-dealkylation sites (tertiary alicyclic amines) is 1. The van der Waals surface area contributed by atoms with Gasteiger partial charge in [-0.15, -0.1) is 0 Å². The van der Waals surface area contributed by atoms with Crippen molar-refractivity contribution in [3.63, 3.8) is 0 Å². The van der Waals surface area contributed by atoms with Crippen LogP contribution in [0.3, 0.4) is 0 Å². The summed E-state index contributed by atoms with van der Waals surface area (Å²) in [4.78, 5) is 1.94. The van der Waals surface area contributed by atoms with Crippen LogP contribution in [0.1, 0.15) is 25.7 Å². The van der Waals surface area contributed by atoms with Gasteiger partial charge < -0.3 is 21.3 Å². The summed E-state index contributed by atoms with van der Waals surface area (Å²) in [5.41, 5.74) is 5.51. The monoisotopic (exact) mass is 215 g/mol. The van der Waals surface area contributed by atoms with Crippen LogP contribution in [0.5, 0.6) is 0 Å². The van der Waals surface area contributed by atoms with Crippen LogP contribution in [0.2, 0.25) is 0 Å². The molecule has 2 saturated heterocycles. The molecule has 2 heterocycles. The molecule has 0 aliphatic carbocycles. The van der Waals surface area contributed by atoms with Gasteiger partial charge in [-0.05, 0) is 32.2 Å².